The molecule has 3 aromatic carbocycles. The molecule has 0 aliphatic heterocycles. The Labute approximate surface area is 248 Å². The highest BCUT2D eigenvalue weighted by Gasteiger charge is 2.12. The lowest BCUT2D eigenvalue weighted by Gasteiger charge is -2.11. The number of carbonyl (C=O) groups excluding carboxylic acids is 1. The third-order valence-electron chi connectivity index (χ3n) is 6.15. The van der Waals surface area contributed by atoms with Gasteiger partial charge >= 0.3 is 0 Å². The lowest BCUT2D eigenvalue weighted by Crippen LogP contribution is -2.24. The average molecular weight is 595 g/mol. The van der Waals surface area contributed by atoms with Crippen LogP contribution in [0.25, 0.3) is 21.1 Å². The summed E-state index contributed by atoms with van der Waals surface area (Å²) in [6.45, 7) is 0.351. The minimum atomic E-state index is -0.320. The number of aromatic nitrogens is 4. The van der Waals surface area contributed by atoms with Crippen LogP contribution in [0.1, 0.15) is 20.8 Å². The fraction of sp³-hybridized carbons (Fsp3) is 0.0645. The number of hydrogen-bond acceptors (Lipinski definition) is 8. The zero-order chi connectivity index (χ0) is 28.9. The summed E-state index contributed by atoms with van der Waals surface area (Å²) in [5.74, 6) is 6.56. The van der Waals surface area contributed by atoms with Crippen LogP contribution in [0.2, 0.25) is 5.02 Å². The van der Waals surface area contributed by atoms with E-state index in [4.69, 9.17) is 16.3 Å². The number of halogens is 2. The van der Waals surface area contributed by atoms with E-state index in [1.165, 1.54) is 36.0 Å². The fourth-order valence-electron chi connectivity index (χ4n) is 4.18. The molecule has 1 amide bonds. The average Bonchev–Trinajstić information content (AvgIpc) is 3.43. The van der Waals surface area contributed by atoms with Crippen molar-refractivity contribution in [3.8, 4) is 17.6 Å². The first-order valence-electron chi connectivity index (χ1n) is 12.7. The number of benzene rings is 3. The number of thiophene rings is 1. The van der Waals surface area contributed by atoms with E-state index >= 15 is 0 Å². The van der Waals surface area contributed by atoms with Crippen molar-refractivity contribution in [1.82, 2.24) is 25.5 Å². The van der Waals surface area contributed by atoms with Crippen molar-refractivity contribution in [2.24, 2.45) is 0 Å². The molecule has 42 heavy (non-hydrogen) atoms. The summed E-state index contributed by atoms with van der Waals surface area (Å²) in [5.41, 5.74) is 2.51. The number of carbonyl (C=O) groups is 1. The Kier molecular flexibility index (Phi) is 7.85. The number of fused-ring (bicyclic) bond motifs is 2. The Morgan fingerprint density at radius 1 is 1.02 bits per heavy atom. The topological polar surface area (TPSA) is 102 Å². The van der Waals surface area contributed by atoms with Crippen LogP contribution in [0.3, 0.4) is 0 Å². The summed E-state index contributed by atoms with van der Waals surface area (Å²) in [6, 6.07) is 20.7. The molecule has 206 valence electrons. The molecule has 8 nitrogen and oxygen atoms in total. The van der Waals surface area contributed by atoms with Crippen molar-refractivity contribution >= 4 is 61.5 Å². The van der Waals surface area contributed by atoms with Crippen LogP contribution in [0.15, 0.2) is 85.3 Å². The molecule has 0 atom stereocenters. The van der Waals surface area contributed by atoms with Crippen molar-refractivity contribution in [2.45, 2.75) is 6.61 Å². The molecule has 0 bridgehead atoms. The van der Waals surface area contributed by atoms with E-state index in [-0.39, 0.29) is 24.9 Å². The Morgan fingerprint density at radius 3 is 2.81 bits per heavy atom. The molecule has 0 aliphatic carbocycles. The van der Waals surface area contributed by atoms with Gasteiger partial charge < -0.3 is 15.4 Å². The zero-order valence-corrected chi connectivity index (χ0v) is 23.3. The van der Waals surface area contributed by atoms with Gasteiger partial charge in [-0.2, -0.15) is 10.2 Å². The maximum Gasteiger partial charge on any atom is 0.254 e. The molecule has 3 aromatic heterocycles. The smallest absolute Gasteiger partial charge is 0.254 e. The molecule has 0 saturated carbocycles. The molecule has 0 saturated heterocycles. The molecule has 0 aliphatic rings. The van der Waals surface area contributed by atoms with Gasteiger partial charge in [0.1, 0.15) is 35.1 Å². The maximum absolute atomic E-state index is 13.4. The summed E-state index contributed by atoms with van der Waals surface area (Å²) >= 11 is 7.87. The van der Waals surface area contributed by atoms with Crippen LogP contribution in [-0.4, -0.2) is 32.6 Å². The number of rotatable bonds is 7. The Hall–Kier alpha value is -5.11. The fourth-order valence-corrected chi connectivity index (χ4v) is 5.28. The molecule has 6 rings (SSSR count). The molecule has 0 radical (unpaired) electrons. The number of anilines is 2. The highest BCUT2D eigenvalue weighted by molar-refractivity contribution is 7.19. The first-order valence-corrected chi connectivity index (χ1v) is 13.9. The Morgan fingerprint density at radius 2 is 1.93 bits per heavy atom. The summed E-state index contributed by atoms with van der Waals surface area (Å²) in [5, 5.41) is 16.0. The van der Waals surface area contributed by atoms with E-state index < -0.39 is 0 Å². The van der Waals surface area contributed by atoms with Crippen LogP contribution in [0.4, 0.5) is 15.9 Å². The van der Waals surface area contributed by atoms with Gasteiger partial charge in [0, 0.05) is 11.1 Å². The van der Waals surface area contributed by atoms with Crippen molar-refractivity contribution in [3.05, 3.63) is 112 Å². The van der Waals surface area contributed by atoms with Crippen molar-refractivity contribution in [1.29, 1.82) is 0 Å². The molecule has 6 aromatic rings. The second-order valence-electron chi connectivity index (χ2n) is 9.00. The molecule has 0 unspecified atom stereocenters. The number of ether oxygens (including phenoxy) is 1. The molecule has 11 heteroatoms. The Balaban J connectivity index is 1.11. The van der Waals surface area contributed by atoms with Gasteiger partial charge in [-0.25, -0.2) is 14.4 Å². The third kappa shape index (κ3) is 6.12. The predicted molar refractivity (Wildman–Crippen MR) is 162 cm³/mol. The Bertz CT molecular complexity index is 2000. The van der Waals surface area contributed by atoms with E-state index in [0.717, 1.165) is 20.5 Å². The zero-order valence-electron chi connectivity index (χ0n) is 21.8. The summed E-state index contributed by atoms with van der Waals surface area (Å²) in [7, 11) is 0. The normalized spacial score (nSPS) is 10.7. The second kappa shape index (κ2) is 12.2. The molecule has 0 fully saturated rings. The van der Waals surface area contributed by atoms with E-state index in [9.17, 15) is 9.18 Å². The quantitative estimate of drug-likeness (QED) is 0.203. The largest absolute Gasteiger partial charge is 0.487 e. The van der Waals surface area contributed by atoms with E-state index in [1.54, 1.807) is 24.3 Å². The molecule has 0 spiro atoms. The standard InChI is InChI=1S/C31H20ClFN6O2S/c32-26-14-21(10-11-28(26)41-17-19-5-3-6-20(33)13-19)38-29-24-15-22(42-31(24)36-18-35-29)7-4-12-34-30(40)25-16-37-39-27-9-2-1-8-23(25)27/h1-3,5-6,8-11,13-16,18H,12,17H2,(H,34,40)(H,35,36,38). The van der Waals surface area contributed by atoms with Gasteiger partial charge in [0.2, 0.25) is 0 Å². The van der Waals surface area contributed by atoms with Gasteiger partial charge in [-0.1, -0.05) is 53.8 Å². The summed E-state index contributed by atoms with van der Waals surface area (Å²) in [4.78, 5) is 23.0. The number of amides is 1. The lowest BCUT2D eigenvalue weighted by atomic mass is 10.1. The van der Waals surface area contributed by atoms with E-state index in [1.807, 2.05) is 36.4 Å². The molecule has 2 N–H and O–H groups in total. The van der Waals surface area contributed by atoms with Gasteiger partial charge in [0.05, 0.1) is 39.1 Å². The van der Waals surface area contributed by atoms with Crippen LogP contribution in [0.5, 0.6) is 5.75 Å². The van der Waals surface area contributed by atoms with Gasteiger partial charge in [0.25, 0.3) is 5.91 Å². The van der Waals surface area contributed by atoms with E-state index in [2.05, 4.69) is 42.6 Å². The van der Waals surface area contributed by atoms with Gasteiger partial charge in [0.15, 0.2) is 0 Å². The second-order valence-corrected chi connectivity index (χ2v) is 10.4. The van der Waals surface area contributed by atoms with Crippen molar-refractivity contribution < 1.29 is 13.9 Å². The number of nitrogens with zero attached hydrogens (tertiary/aromatic N) is 4. The molecular weight excluding hydrogens is 575 g/mol. The third-order valence-corrected chi connectivity index (χ3v) is 7.40. The summed E-state index contributed by atoms with van der Waals surface area (Å²) in [6.07, 6.45) is 2.93. The monoisotopic (exact) mass is 594 g/mol. The first-order chi connectivity index (χ1) is 20.5. The molecule has 3 heterocycles. The predicted octanol–water partition coefficient (Wildman–Crippen LogP) is 6.53. The van der Waals surface area contributed by atoms with E-state index in [0.29, 0.717) is 38.9 Å². The maximum atomic E-state index is 13.4. The summed E-state index contributed by atoms with van der Waals surface area (Å²) < 4.78 is 19.2. The highest BCUT2D eigenvalue weighted by atomic mass is 35.5. The van der Waals surface area contributed by atoms with Crippen LogP contribution in [-0.2, 0) is 6.61 Å². The van der Waals surface area contributed by atoms with Crippen molar-refractivity contribution in [2.75, 3.05) is 11.9 Å². The first kappa shape index (κ1) is 27.1. The van der Waals surface area contributed by atoms with Crippen LogP contribution >= 0.6 is 22.9 Å². The number of nitrogens with one attached hydrogen (secondary N) is 2. The van der Waals surface area contributed by atoms with Crippen LogP contribution in [0, 0.1) is 17.7 Å². The minimum absolute atomic E-state index is 0.159. The van der Waals surface area contributed by atoms with Crippen molar-refractivity contribution in [3.63, 3.8) is 0 Å². The number of hydrogen-bond donors (Lipinski definition) is 2. The lowest BCUT2D eigenvalue weighted by molar-refractivity contribution is 0.0960. The SMILES string of the molecule is O=C(NCC#Cc1cc2c(Nc3ccc(OCc4cccc(F)c4)c(Cl)c3)ncnc2s1)c1cnnc2ccccc12. The van der Waals surface area contributed by atoms with Gasteiger partial charge in [-0.3, -0.25) is 4.79 Å². The highest BCUT2D eigenvalue weighted by Crippen LogP contribution is 2.33. The minimum Gasteiger partial charge on any atom is -0.487 e. The van der Waals surface area contributed by atoms with Gasteiger partial charge in [-0.05, 0) is 48.0 Å². The van der Waals surface area contributed by atoms with Gasteiger partial charge in [-0.15, -0.1) is 11.3 Å². The van der Waals surface area contributed by atoms with Crippen LogP contribution < -0.4 is 15.4 Å². The molecular formula is C31H20ClFN6O2S.